The topological polar surface area (TPSA) is 175 Å². The van der Waals surface area contributed by atoms with Gasteiger partial charge in [-0.25, -0.2) is 0 Å². The minimum absolute atomic E-state index is 0.0156. The Bertz CT molecular complexity index is 1660. The number of unbranched alkanes of at least 4 members (excludes halogenated alkanes) is 56. The summed E-state index contributed by atoms with van der Waals surface area (Å²) in [6.07, 6.45) is 84.9. The number of aliphatic hydroxyl groups excluding tert-OH is 5. The van der Waals surface area contributed by atoms with Crippen molar-refractivity contribution in [3.63, 3.8) is 0 Å². The van der Waals surface area contributed by atoms with Crippen LogP contribution in [0.4, 0.5) is 0 Å². The Morgan fingerprint density at radius 1 is 0.383 bits per heavy atom. The Hall–Kier alpha value is -2.12. The lowest BCUT2D eigenvalue weighted by Gasteiger charge is -2.40. The standard InChI is InChI=1S/C83H157NO10/c1-3-5-7-9-11-13-15-16-17-18-38-42-45-48-51-55-59-63-67-71-79(88)92-72-68-64-60-56-52-49-46-43-40-37-35-33-31-29-27-25-23-21-19-20-22-24-26-28-30-32-34-36-39-41-44-47-50-54-58-62-66-70-78(87)84-75(74-93-83-82(91)81(90)80(89)77(73-85)94-83)76(86)69-65-61-57-53-14-12-10-8-6-4-2/h16-17,19,21,65,69,75-77,80-83,85-86,89-91H,3-15,18,20,22-64,66-68,70-74H2,1-2H3,(H,84,87)/b17-16-,21-19-,69-65+. The summed E-state index contributed by atoms with van der Waals surface area (Å²) in [6, 6.07) is -0.806. The summed E-state index contributed by atoms with van der Waals surface area (Å²) >= 11 is 0. The molecular weight excluding hydrogens is 1170 g/mol. The second-order valence-corrected chi connectivity index (χ2v) is 28.8. The molecule has 554 valence electrons. The molecule has 11 heteroatoms. The molecule has 0 bridgehead atoms. The molecule has 7 atom stereocenters. The Labute approximate surface area is 581 Å². The average molecular weight is 1330 g/mol. The number of rotatable bonds is 74. The third-order valence-electron chi connectivity index (χ3n) is 19.7. The normalized spacial score (nSPS) is 17.5. The summed E-state index contributed by atoms with van der Waals surface area (Å²) in [5.74, 6) is -0.161. The predicted molar refractivity (Wildman–Crippen MR) is 398 cm³/mol. The quantitative estimate of drug-likeness (QED) is 0.0195. The molecule has 0 aliphatic carbocycles. The maximum absolute atomic E-state index is 13.0. The van der Waals surface area contributed by atoms with Crippen molar-refractivity contribution in [2.45, 2.75) is 461 Å². The highest BCUT2D eigenvalue weighted by Crippen LogP contribution is 2.24. The average Bonchev–Trinajstić information content (AvgIpc) is 1.07. The Kier molecular flexibility index (Phi) is 69.0. The van der Waals surface area contributed by atoms with Crippen molar-refractivity contribution in [2.24, 2.45) is 0 Å². The first kappa shape index (κ1) is 89.9. The molecule has 1 saturated heterocycles. The molecule has 0 aromatic carbocycles. The van der Waals surface area contributed by atoms with Gasteiger partial charge in [0.2, 0.25) is 5.91 Å². The summed E-state index contributed by atoms with van der Waals surface area (Å²) < 4.78 is 16.8. The van der Waals surface area contributed by atoms with Crippen molar-refractivity contribution in [1.29, 1.82) is 0 Å². The van der Waals surface area contributed by atoms with Crippen molar-refractivity contribution < 1.29 is 49.3 Å². The van der Waals surface area contributed by atoms with Gasteiger partial charge in [0, 0.05) is 12.8 Å². The third kappa shape index (κ3) is 59.9. The minimum Gasteiger partial charge on any atom is -0.466 e. The van der Waals surface area contributed by atoms with Crippen LogP contribution in [0, 0.1) is 0 Å². The molecule has 0 aromatic heterocycles. The first-order valence-electron chi connectivity index (χ1n) is 41.3. The molecular formula is C83H157NO10. The number of hydrogen-bond donors (Lipinski definition) is 6. The zero-order valence-corrected chi connectivity index (χ0v) is 62.0. The van der Waals surface area contributed by atoms with Crippen LogP contribution in [0.2, 0.25) is 0 Å². The number of amides is 1. The van der Waals surface area contributed by atoms with Gasteiger partial charge in [-0.15, -0.1) is 0 Å². The van der Waals surface area contributed by atoms with Crippen LogP contribution in [0.3, 0.4) is 0 Å². The first-order chi connectivity index (χ1) is 46.2. The van der Waals surface area contributed by atoms with Crippen LogP contribution in [0.15, 0.2) is 36.5 Å². The predicted octanol–water partition coefficient (Wildman–Crippen LogP) is 22.5. The molecule has 1 aliphatic rings. The van der Waals surface area contributed by atoms with Gasteiger partial charge in [0.25, 0.3) is 0 Å². The molecule has 0 saturated carbocycles. The molecule has 1 amide bonds. The van der Waals surface area contributed by atoms with E-state index in [1.807, 2.05) is 6.08 Å². The van der Waals surface area contributed by atoms with E-state index in [0.717, 1.165) is 57.8 Å². The molecule has 11 nitrogen and oxygen atoms in total. The lowest BCUT2D eigenvalue weighted by Crippen LogP contribution is -2.60. The number of carbonyl (C=O) groups excluding carboxylic acids is 2. The van der Waals surface area contributed by atoms with Crippen molar-refractivity contribution >= 4 is 11.9 Å². The van der Waals surface area contributed by atoms with Gasteiger partial charge in [-0.3, -0.25) is 9.59 Å². The summed E-state index contributed by atoms with van der Waals surface area (Å²) in [5.41, 5.74) is 0. The van der Waals surface area contributed by atoms with E-state index in [9.17, 15) is 35.1 Å². The molecule has 0 spiro atoms. The van der Waals surface area contributed by atoms with E-state index >= 15 is 0 Å². The van der Waals surface area contributed by atoms with Gasteiger partial charge in [0.05, 0.1) is 32.0 Å². The molecule has 7 unspecified atom stereocenters. The number of nitrogens with one attached hydrogen (secondary N) is 1. The highest BCUT2D eigenvalue weighted by molar-refractivity contribution is 5.76. The Balaban J connectivity index is 1.85. The Morgan fingerprint density at radius 3 is 1.02 bits per heavy atom. The van der Waals surface area contributed by atoms with Gasteiger partial charge in [-0.2, -0.15) is 0 Å². The molecule has 0 aromatic rings. The summed E-state index contributed by atoms with van der Waals surface area (Å²) in [6.45, 7) is 4.37. The van der Waals surface area contributed by atoms with Crippen molar-refractivity contribution in [2.75, 3.05) is 19.8 Å². The van der Waals surface area contributed by atoms with Crippen molar-refractivity contribution in [1.82, 2.24) is 5.32 Å². The van der Waals surface area contributed by atoms with E-state index in [1.54, 1.807) is 6.08 Å². The van der Waals surface area contributed by atoms with E-state index in [2.05, 4.69) is 43.5 Å². The second kappa shape index (κ2) is 72.1. The van der Waals surface area contributed by atoms with Crippen LogP contribution in [0.25, 0.3) is 0 Å². The van der Waals surface area contributed by atoms with E-state index in [0.29, 0.717) is 19.4 Å². The monoisotopic (exact) mass is 1330 g/mol. The number of hydrogen-bond acceptors (Lipinski definition) is 10. The van der Waals surface area contributed by atoms with Gasteiger partial charge in [-0.05, 0) is 83.5 Å². The smallest absolute Gasteiger partial charge is 0.305 e. The molecule has 1 aliphatic heterocycles. The zero-order valence-electron chi connectivity index (χ0n) is 62.0. The number of aliphatic hydroxyl groups is 5. The molecule has 1 rings (SSSR count). The maximum Gasteiger partial charge on any atom is 0.305 e. The number of ether oxygens (including phenoxy) is 3. The number of carbonyl (C=O) groups is 2. The molecule has 1 heterocycles. The molecule has 6 N–H and O–H groups in total. The SMILES string of the molecule is CCCCCCCC/C=C\CCCCCCCCCCCC(=O)OCCCCCCCCCCCCCCCCCC/C=C\CCCCCCCCCCCCCCCCCCCC(=O)NC(COC1OC(CO)C(O)C(O)C1O)C(O)/C=C/CCCCCCCCCC. The van der Waals surface area contributed by atoms with Gasteiger partial charge >= 0.3 is 5.97 Å². The van der Waals surface area contributed by atoms with Crippen LogP contribution in [-0.2, 0) is 23.8 Å². The van der Waals surface area contributed by atoms with Crippen molar-refractivity contribution in [3.05, 3.63) is 36.5 Å². The van der Waals surface area contributed by atoms with Crippen LogP contribution >= 0.6 is 0 Å². The number of esters is 1. The van der Waals surface area contributed by atoms with Gasteiger partial charge in [0.1, 0.15) is 24.4 Å². The fourth-order valence-corrected chi connectivity index (χ4v) is 13.3. The second-order valence-electron chi connectivity index (χ2n) is 28.8. The van der Waals surface area contributed by atoms with Crippen LogP contribution < -0.4 is 5.32 Å². The third-order valence-corrected chi connectivity index (χ3v) is 19.7. The van der Waals surface area contributed by atoms with Crippen molar-refractivity contribution in [3.8, 4) is 0 Å². The van der Waals surface area contributed by atoms with E-state index in [4.69, 9.17) is 14.2 Å². The van der Waals surface area contributed by atoms with E-state index < -0.39 is 49.5 Å². The summed E-state index contributed by atoms with van der Waals surface area (Å²) in [4.78, 5) is 25.2. The van der Waals surface area contributed by atoms with Gasteiger partial charge < -0.3 is 45.1 Å². The largest absolute Gasteiger partial charge is 0.466 e. The highest BCUT2D eigenvalue weighted by Gasteiger charge is 2.44. The fraction of sp³-hybridized carbons (Fsp3) is 0.904. The van der Waals surface area contributed by atoms with Crippen LogP contribution in [0.5, 0.6) is 0 Å². The van der Waals surface area contributed by atoms with Gasteiger partial charge in [-0.1, -0.05) is 359 Å². The van der Waals surface area contributed by atoms with E-state index in [-0.39, 0.29) is 18.5 Å². The summed E-state index contributed by atoms with van der Waals surface area (Å²) in [7, 11) is 0. The summed E-state index contributed by atoms with van der Waals surface area (Å²) in [5, 5.41) is 54.4. The Morgan fingerprint density at radius 2 is 0.681 bits per heavy atom. The highest BCUT2D eigenvalue weighted by atomic mass is 16.7. The fourth-order valence-electron chi connectivity index (χ4n) is 13.3. The van der Waals surface area contributed by atoms with E-state index in [1.165, 1.54) is 334 Å². The number of allylic oxidation sites excluding steroid dienone is 5. The lowest BCUT2D eigenvalue weighted by molar-refractivity contribution is -0.302. The molecule has 0 radical (unpaired) electrons. The maximum atomic E-state index is 13.0. The lowest BCUT2D eigenvalue weighted by atomic mass is 9.99. The molecule has 1 fully saturated rings. The van der Waals surface area contributed by atoms with Gasteiger partial charge in [0.15, 0.2) is 6.29 Å². The zero-order chi connectivity index (χ0) is 67.9. The minimum atomic E-state index is -1.57. The van der Waals surface area contributed by atoms with Crippen LogP contribution in [0.1, 0.15) is 418 Å². The first-order valence-corrected chi connectivity index (χ1v) is 41.3. The molecule has 94 heavy (non-hydrogen) atoms. The van der Waals surface area contributed by atoms with Crippen LogP contribution in [-0.4, -0.2) is 100 Å².